The lowest BCUT2D eigenvalue weighted by atomic mass is 9.84. The number of nitrogens with one attached hydrogen (secondary N) is 1. The topological polar surface area (TPSA) is 24.5 Å². The summed E-state index contributed by atoms with van der Waals surface area (Å²) in [5.41, 5.74) is 0.336. The van der Waals surface area contributed by atoms with Gasteiger partial charge in [-0.1, -0.05) is 27.7 Å². The minimum Gasteiger partial charge on any atom is -0.380 e. The molecule has 1 rings (SSSR count). The molecule has 1 saturated heterocycles. The first-order chi connectivity index (χ1) is 8.45. The largest absolute Gasteiger partial charge is 0.380 e. The normalized spacial score (nSPS) is 22.7. The number of hydrogen-bond acceptors (Lipinski definition) is 3. The molecule has 3 nitrogen and oxygen atoms in total. The van der Waals surface area contributed by atoms with E-state index in [0.717, 1.165) is 26.3 Å². The Kier molecular flexibility index (Phi) is 6.61. The molecule has 108 valence electrons. The average Bonchev–Trinajstić information content (AvgIpc) is 2.80. The van der Waals surface area contributed by atoms with Crippen LogP contribution < -0.4 is 5.32 Å². The third kappa shape index (κ3) is 5.25. The number of nitrogens with zero attached hydrogens (tertiary/aromatic N) is 1. The molecule has 0 spiro atoms. The highest BCUT2D eigenvalue weighted by Gasteiger charge is 2.26. The zero-order chi connectivity index (χ0) is 13.6. The summed E-state index contributed by atoms with van der Waals surface area (Å²) in [7, 11) is 2.24. The van der Waals surface area contributed by atoms with E-state index in [4.69, 9.17) is 4.74 Å². The summed E-state index contributed by atoms with van der Waals surface area (Å²) < 4.78 is 5.46. The van der Waals surface area contributed by atoms with Crippen LogP contribution in [-0.4, -0.2) is 50.3 Å². The Morgan fingerprint density at radius 3 is 2.61 bits per heavy atom. The predicted molar refractivity (Wildman–Crippen MR) is 78.0 cm³/mol. The van der Waals surface area contributed by atoms with Gasteiger partial charge >= 0.3 is 0 Å². The van der Waals surface area contributed by atoms with Gasteiger partial charge in [-0.3, -0.25) is 0 Å². The Bertz CT molecular complexity index is 219. The average molecular weight is 256 g/mol. The van der Waals surface area contributed by atoms with Crippen LogP contribution in [0.1, 0.15) is 47.0 Å². The van der Waals surface area contributed by atoms with Crippen molar-refractivity contribution in [1.29, 1.82) is 0 Å². The van der Waals surface area contributed by atoms with Gasteiger partial charge in [-0.15, -0.1) is 0 Å². The number of ether oxygens (including phenoxy) is 1. The van der Waals surface area contributed by atoms with Crippen LogP contribution in [-0.2, 0) is 4.74 Å². The third-order valence-corrected chi connectivity index (χ3v) is 3.99. The van der Waals surface area contributed by atoms with Crippen LogP contribution in [0, 0.1) is 5.41 Å². The monoisotopic (exact) mass is 256 g/mol. The fraction of sp³-hybridized carbons (Fsp3) is 1.00. The molecular weight excluding hydrogens is 224 g/mol. The van der Waals surface area contributed by atoms with Gasteiger partial charge in [-0.25, -0.2) is 0 Å². The maximum atomic E-state index is 5.46. The quantitative estimate of drug-likeness (QED) is 0.757. The van der Waals surface area contributed by atoms with Crippen molar-refractivity contribution in [2.45, 2.75) is 59.0 Å². The fourth-order valence-electron chi connectivity index (χ4n) is 2.54. The van der Waals surface area contributed by atoms with Gasteiger partial charge in [-0.05, 0) is 44.8 Å². The number of hydrogen-bond donors (Lipinski definition) is 1. The Morgan fingerprint density at radius 2 is 2.11 bits per heavy atom. The van der Waals surface area contributed by atoms with Crippen LogP contribution in [0.2, 0.25) is 0 Å². The van der Waals surface area contributed by atoms with Crippen molar-refractivity contribution < 1.29 is 4.74 Å². The molecule has 1 aliphatic heterocycles. The molecule has 0 amide bonds. The summed E-state index contributed by atoms with van der Waals surface area (Å²) in [6, 6.07) is 1.24. The molecule has 1 fully saturated rings. The first kappa shape index (κ1) is 15.9. The molecule has 0 aromatic rings. The van der Waals surface area contributed by atoms with Gasteiger partial charge in [0.1, 0.15) is 0 Å². The van der Waals surface area contributed by atoms with Gasteiger partial charge in [0, 0.05) is 18.7 Å². The summed E-state index contributed by atoms with van der Waals surface area (Å²) in [5, 5.41) is 3.70. The zero-order valence-electron chi connectivity index (χ0n) is 13.0. The zero-order valence-corrected chi connectivity index (χ0v) is 13.0. The molecule has 2 atom stereocenters. The smallest absolute Gasteiger partial charge is 0.0622 e. The summed E-state index contributed by atoms with van der Waals surface area (Å²) in [6.45, 7) is 13.4. The second-order valence-corrected chi connectivity index (χ2v) is 6.66. The van der Waals surface area contributed by atoms with Crippen molar-refractivity contribution in [2.75, 3.05) is 33.4 Å². The van der Waals surface area contributed by atoms with E-state index in [0.29, 0.717) is 17.5 Å². The second-order valence-electron chi connectivity index (χ2n) is 6.66. The van der Waals surface area contributed by atoms with Gasteiger partial charge < -0.3 is 15.0 Å². The SMILES string of the molecule is CCCNC(CCN(C)C1CCOC1)C(C)(C)C. The molecular formula is C15H32N2O. The first-order valence-corrected chi connectivity index (χ1v) is 7.46. The van der Waals surface area contributed by atoms with E-state index in [2.05, 4.69) is 45.0 Å². The van der Waals surface area contributed by atoms with Crippen molar-refractivity contribution in [3.05, 3.63) is 0 Å². The van der Waals surface area contributed by atoms with Gasteiger partial charge in [0.05, 0.1) is 6.61 Å². The van der Waals surface area contributed by atoms with Crippen molar-refractivity contribution >= 4 is 0 Å². The van der Waals surface area contributed by atoms with Crippen LogP contribution in [0.3, 0.4) is 0 Å². The second kappa shape index (κ2) is 7.46. The van der Waals surface area contributed by atoms with Crippen LogP contribution in [0.5, 0.6) is 0 Å². The lowest BCUT2D eigenvalue weighted by Crippen LogP contribution is -2.44. The van der Waals surface area contributed by atoms with Gasteiger partial charge in [0.25, 0.3) is 0 Å². The Labute approximate surface area is 113 Å². The molecule has 0 radical (unpaired) electrons. The highest BCUT2D eigenvalue weighted by Crippen LogP contribution is 2.22. The summed E-state index contributed by atoms with van der Waals surface area (Å²) in [6.07, 6.45) is 3.62. The number of likely N-dealkylation sites (N-methyl/N-ethyl adjacent to an activating group) is 1. The molecule has 18 heavy (non-hydrogen) atoms. The van der Waals surface area contributed by atoms with E-state index in [-0.39, 0.29) is 0 Å². The van der Waals surface area contributed by atoms with Gasteiger partial charge in [0.2, 0.25) is 0 Å². The molecule has 1 N–H and O–H groups in total. The minimum atomic E-state index is 0.336. The molecule has 1 aliphatic rings. The Hall–Kier alpha value is -0.120. The van der Waals surface area contributed by atoms with E-state index < -0.39 is 0 Å². The highest BCUT2D eigenvalue weighted by atomic mass is 16.5. The summed E-state index contributed by atoms with van der Waals surface area (Å²) >= 11 is 0. The highest BCUT2D eigenvalue weighted by molar-refractivity contribution is 4.82. The standard InChI is InChI=1S/C15H32N2O/c1-6-9-16-14(15(2,3)4)7-10-17(5)13-8-11-18-12-13/h13-14,16H,6-12H2,1-5H3. The van der Waals surface area contributed by atoms with Crippen molar-refractivity contribution in [1.82, 2.24) is 10.2 Å². The molecule has 1 heterocycles. The van der Waals surface area contributed by atoms with Gasteiger partial charge in [0.15, 0.2) is 0 Å². The Balaban J connectivity index is 2.35. The van der Waals surface area contributed by atoms with Crippen LogP contribution in [0.25, 0.3) is 0 Å². The molecule has 2 unspecified atom stereocenters. The van der Waals surface area contributed by atoms with Crippen molar-refractivity contribution in [2.24, 2.45) is 5.41 Å². The van der Waals surface area contributed by atoms with E-state index in [1.807, 2.05) is 0 Å². The Morgan fingerprint density at radius 1 is 1.39 bits per heavy atom. The molecule has 0 saturated carbocycles. The maximum Gasteiger partial charge on any atom is 0.0622 e. The third-order valence-electron chi connectivity index (χ3n) is 3.99. The lowest BCUT2D eigenvalue weighted by molar-refractivity contribution is 0.149. The van der Waals surface area contributed by atoms with Crippen LogP contribution in [0.4, 0.5) is 0 Å². The van der Waals surface area contributed by atoms with Crippen molar-refractivity contribution in [3.63, 3.8) is 0 Å². The lowest BCUT2D eigenvalue weighted by Gasteiger charge is -2.34. The van der Waals surface area contributed by atoms with E-state index >= 15 is 0 Å². The summed E-state index contributed by atoms with van der Waals surface area (Å²) in [5.74, 6) is 0. The molecule has 0 bridgehead atoms. The minimum absolute atomic E-state index is 0.336. The van der Waals surface area contributed by atoms with Gasteiger partial charge in [-0.2, -0.15) is 0 Å². The molecule has 3 heteroatoms. The number of rotatable bonds is 7. The summed E-state index contributed by atoms with van der Waals surface area (Å²) in [4.78, 5) is 2.47. The first-order valence-electron chi connectivity index (χ1n) is 7.46. The van der Waals surface area contributed by atoms with Crippen LogP contribution in [0.15, 0.2) is 0 Å². The maximum absolute atomic E-state index is 5.46. The molecule has 0 aliphatic carbocycles. The van der Waals surface area contributed by atoms with E-state index in [1.54, 1.807) is 0 Å². The fourth-order valence-corrected chi connectivity index (χ4v) is 2.54. The van der Waals surface area contributed by atoms with E-state index in [1.165, 1.54) is 19.3 Å². The molecule has 0 aromatic heterocycles. The van der Waals surface area contributed by atoms with E-state index in [9.17, 15) is 0 Å². The molecule has 0 aromatic carbocycles. The predicted octanol–water partition coefficient (Wildman–Crippen LogP) is 2.51. The van der Waals surface area contributed by atoms with Crippen LogP contribution >= 0.6 is 0 Å². The van der Waals surface area contributed by atoms with Crippen molar-refractivity contribution in [3.8, 4) is 0 Å².